The first-order valence-corrected chi connectivity index (χ1v) is 14.1. The van der Waals surface area contributed by atoms with Gasteiger partial charge in [-0.25, -0.2) is 12.7 Å². The van der Waals surface area contributed by atoms with Gasteiger partial charge < -0.3 is 5.32 Å². The van der Waals surface area contributed by atoms with Gasteiger partial charge in [-0.15, -0.1) is 0 Å². The molecule has 1 aliphatic carbocycles. The quantitative estimate of drug-likeness (QED) is 0.533. The lowest BCUT2D eigenvalue weighted by molar-refractivity contribution is -0.125. The van der Waals surface area contributed by atoms with Gasteiger partial charge >= 0.3 is 0 Å². The molecule has 1 aromatic carbocycles. The normalized spacial score (nSPS) is 21.5. The standard InChI is InChI=1S/C21H30Cl2N2O3S2/c22-19-9-8-16(13-20(19)23)15-30(27,28)25-11-4-5-17(14-25)21(26)24-10-12-29-18-6-2-1-3-7-18/h8-9,13,17-18H,1-7,10-12,14-15H2,(H,24,26)/t17-/m0/s1. The van der Waals surface area contributed by atoms with Crippen molar-refractivity contribution in [2.24, 2.45) is 5.92 Å². The SMILES string of the molecule is O=C(NCCSC1CCCCC1)[C@H]1CCCN(S(=O)(=O)Cc2ccc(Cl)c(Cl)c2)C1. The van der Waals surface area contributed by atoms with Gasteiger partial charge in [-0.3, -0.25) is 4.79 Å². The second kappa shape index (κ2) is 11.4. The van der Waals surface area contributed by atoms with Crippen LogP contribution in [0.25, 0.3) is 0 Å². The minimum absolute atomic E-state index is 0.0336. The van der Waals surface area contributed by atoms with Crippen LogP contribution in [0.1, 0.15) is 50.5 Å². The molecule has 0 bridgehead atoms. The summed E-state index contributed by atoms with van der Waals surface area (Å²) in [4.78, 5) is 12.6. The summed E-state index contributed by atoms with van der Waals surface area (Å²) < 4.78 is 27.2. The highest BCUT2D eigenvalue weighted by molar-refractivity contribution is 7.99. The summed E-state index contributed by atoms with van der Waals surface area (Å²) in [6.07, 6.45) is 7.97. The van der Waals surface area contributed by atoms with Crippen molar-refractivity contribution in [1.29, 1.82) is 0 Å². The molecule has 2 aliphatic rings. The van der Waals surface area contributed by atoms with Crippen molar-refractivity contribution in [3.63, 3.8) is 0 Å². The molecule has 5 nitrogen and oxygen atoms in total. The van der Waals surface area contributed by atoms with E-state index in [9.17, 15) is 13.2 Å². The number of hydrogen-bond acceptors (Lipinski definition) is 4. The van der Waals surface area contributed by atoms with Gasteiger partial charge in [0.2, 0.25) is 15.9 Å². The van der Waals surface area contributed by atoms with Crippen LogP contribution in [0.15, 0.2) is 18.2 Å². The molecule has 168 valence electrons. The van der Waals surface area contributed by atoms with Crippen LogP contribution in [-0.2, 0) is 20.6 Å². The fourth-order valence-corrected chi connectivity index (χ4v) is 7.25. The Labute approximate surface area is 194 Å². The summed E-state index contributed by atoms with van der Waals surface area (Å²) >= 11 is 13.9. The highest BCUT2D eigenvalue weighted by atomic mass is 35.5. The maximum absolute atomic E-state index is 12.9. The lowest BCUT2D eigenvalue weighted by Gasteiger charge is -2.31. The number of benzene rings is 1. The zero-order valence-corrected chi connectivity index (χ0v) is 20.3. The van der Waals surface area contributed by atoms with Gasteiger partial charge in [0.05, 0.1) is 21.7 Å². The van der Waals surface area contributed by atoms with E-state index in [1.165, 1.54) is 36.4 Å². The fraction of sp³-hybridized carbons (Fsp3) is 0.667. The van der Waals surface area contributed by atoms with Crippen LogP contribution >= 0.6 is 35.0 Å². The van der Waals surface area contributed by atoms with Gasteiger partial charge in [0.1, 0.15) is 0 Å². The van der Waals surface area contributed by atoms with Gasteiger partial charge in [0.25, 0.3) is 0 Å². The number of amides is 1. The second-order valence-electron chi connectivity index (χ2n) is 8.12. The van der Waals surface area contributed by atoms with E-state index in [2.05, 4.69) is 5.32 Å². The number of thioether (sulfide) groups is 1. The smallest absolute Gasteiger partial charge is 0.224 e. The number of nitrogens with zero attached hydrogens (tertiary/aromatic N) is 1. The molecule has 1 saturated heterocycles. The molecule has 1 saturated carbocycles. The first kappa shape index (κ1) is 24.2. The summed E-state index contributed by atoms with van der Waals surface area (Å²) in [5.74, 6) is 0.453. The Morgan fingerprint density at radius 3 is 2.60 bits per heavy atom. The third kappa shape index (κ3) is 7.02. The molecule has 0 unspecified atom stereocenters. The molecule has 1 aliphatic heterocycles. The van der Waals surface area contributed by atoms with E-state index in [0.717, 1.165) is 17.4 Å². The number of nitrogens with one attached hydrogen (secondary N) is 1. The highest BCUT2D eigenvalue weighted by Crippen LogP contribution is 2.28. The maximum atomic E-state index is 12.9. The molecular weight excluding hydrogens is 463 g/mol. The van der Waals surface area contributed by atoms with Crippen LogP contribution in [0.2, 0.25) is 10.0 Å². The Morgan fingerprint density at radius 2 is 1.87 bits per heavy atom. The zero-order valence-electron chi connectivity index (χ0n) is 17.1. The molecule has 30 heavy (non-hydrogen) atoms. The Hall–Kier alpha value is -0.470. The molecule has 1 amide bonds. The van der Waals surface area contributed by atoms with Crippen LogP contribution in [0.3, 0.4) is 0 Å². The molecule has 0 radical (unpaired) electrons. The lowest BCUT2D eigenvalue weighted by Crippen LogP contribution is -2.46. The number of carbonyl (C=O) groups excluding carboxylic acids is 1. The molecule has 1 aromatic rings. The first-order chi connectivity index (χ1) is 14.3. The number of sulfonamides is 1. The second-order valence-corrected chi connectivity index (χ2v) is 12.3. The zero-order chi connectivity index (χ0) is 21.6. The van der Waals surface area contributed by atoms with Crippen molar-refractivity contribution in [1.82, 2.24) is 9.62 Å². The van der Waals surface area contributed by atoms with E-state index >= 15 is 0 Å². The largest absolute Gasteiger partial charge is 0.355 e. The summed E-state index contributed by atoms with van der Waals surface area (Å²) in [5.41, 5.74) is 0.593. The summed E-state index contributed by atoms with van der Waals surface area (Å²) in [6.45, 7) is 1.34. The number of piperidine rings is 1. The molecule has 0 aromatic heterocycles. The Balaban J connectivity index is 1.47. The van der Waals surface area contributed by atoms with Crippen molar-refractivity contribution < 1.29 is 13.2 Å². The third-order valence-corrected chi connectivity index (χ3v) is 9.73. The van der Waals surface area contributed by atoms with E-state index in [-0.39, 0.29) is 24.1 Å². The van der Waals surface area contributed by atoms with E-state index in [1.54, 1.807) is 18.2 Å². The average Bonchev–Trinajstić information content (AvgIpc) is 2.74. The molecule has 1 atom stereocenters. The minimum atomic E-state index is -3.52. The Bertz CT molecular complexity index is 830. The van der Waals surface area contributed by atoms with Gasteiger partial charge in [-0.2, -0.15) is 11.8 Å². The molecular formula is C21H30Cl2N2O3S2. The van der Waals surface area contributed by atoms with E-state index in [0.29, 0.717) is 35.1 Å². The molecule has 3 rings (SSSR count). The van der Waals surface area contributed by atoms with Crippen LogP contribution < -0.4 is 5.32 Å². The number of hydrogen-bond donors (Lipinski definition) is 1. The number of carbonyl (C=O) groups is 1. The first-order valence-electron chi connectivity index (χ1n) is 10.7. The van der Waals surface area contributed by atoms with Gasteiger partial charge in [-0.1, -0.05) is 48.5 Å². The van der Waals surface area contributed by atoms with Crippen LogP contribution in [0, 0.1) is 5.92 Å². The highest BCUT2D eigenvalue weighted by Gasteiger charge is 2.32. The van der Waals surface area contributed by atoms with Crippen LogP contribution in [0.5, 0.6) is 0 Å². The van der Waals surface area contributed by atoms with Crippen molar-refractivity contribution in [2.45, 2.75) is 55.9 Å². The average molecular weight is 494 g/mol. The van der Waals surface area contributed by atoms with Crippen molar-refractivity contribution in [3.8, 4) is 0 Å². The topological polar surface area (TPSA) is 66.5 Å². The van der Waals surface area contributed by atoms with Gasteiger partial charge in [0, 0.05) is 30.6 Å². The Kier molecular flexibility index (Phi) is 9.20. The number of rotatable bonds is 8. The van der Waals surface area contributed by atoms with Gasteiger partial charge in [0.15, 0.2) is 0 Å². The monoisotopic (exact) mass is 492 g/mol. The summed E-state index contributed by atoms with van der Waals surface area (Å²) in [7, 11) is -3.52. The fourth-order valence-electron chi connectivity index (χ4n) is 4.12. The number of halogens is 2. The third-order valence-electron chi connectivity index (χ3n) is 5.79. The van der Waals surface area contributed by atoms with E-state index in [4.69, 9.17) is 23.2 Å². The molecule has 1 N–H and O–H groups in total. The van der Waals surface area contributed by atoms with Crippen molar-refractivity contribution >= 4 is 50.9 Å². The van der Waals surface area contributed by atoms with Crippen molar-refractivity contribution in [2.75, 3.05) is 25.4 Å². The minimum Gasteiger partial charge on any atom is -0.355 e. The molecule has 1 heterocycles. The molecule has 9 heteroatoms. The summed E-state index contributed by atoms with van der Waals surface area (Å²) in [5, 5.41) is 4.48. The molecule has 0 spiro atoms. The van der Waals surface area contributed by atoms with E-state index < -0.39 is 10.0 Å². The van der Waals surface area contributed by atoms with E-state index in [1.807, 2.05) is 11.8 Å². The summed E-state index contributed by atoms with van der Waals surface area (Å²) in [6, 6.07) is 4.86. The maximum Gasteiger partial charge on any atom is 0.224 e. The molecule has 2 fully saturated rings. The van der Waals surface area contributed by atoms with Crippen LogP contribution in [-0.4, -0.2) is 49.3 Å². The lowest BCUT2D eigenvalue weighted by atomic mass is 9.99. The van der Waals surface area contributed by atoms with Gasteiger partial charge in [-0.05, 0) is 43.4 Å². The Morgan fingerprint density at radius 1 is 1.10 bits per heavy atom. The predicted octanol–water partition coefficient (Wildman–Crippen LogP) is 4.72. The predicted molar refractivity (Wildman–Crippen MR) is 126 cm³/mol. The van der Waals surface area contributed by atoms with Crippen molar-refractivity contribution in [3.05, 3.63) is 33.8 Å². The van der Waals surface area contributed by atoms with Crippen LogP contribution in [0.4, 0.5) is 0 Å².